The number of hydrogen-bond donors (Lipinski definition) is 2. The Morgan fingerprint density at radius 1 is 1.00 bits per heavy atom. The summed E-state index contributed by atoms with van der Waals surface area (Å²) in [6, 6.07) is 15.3. The van der Waals surface area contributed by atoms with Crippen LogP contribution >= 0.6 is 0 Å². The number of fused-ring (bicyclic) bond motifs is 1. The minimum Gasteiger partial charge on any atom is -0.322 e. The number of aryl methyl sites for hydroxylation is 1. The van der Waals surface area contributed by atoms with Crippen LogP contribution in [0.15, 0.2) is 64.3 Å². The molecule has 0 spiro atoms. The number of aromatic nitrogens is 1. The lowest BCUT2D eigenvalue weighted by Crippen LogP contribution is -2.23. The zero-order chi connectivity index (χ0) is 16.4. The fourth-order valence-electron chi connectivity index (χ4n) is 2.27. The lowest BCUT2D eigenvalue weighted by atomic mass is 10.2. The molecule has 0 aliphatic carbocycles. The molecule has 0 bridgehead atoms. The predicted octanol–water partition coefficient (Wildman–Crippen LogP) is 2.32. The number of pyridine rings is 1. The third-order valence-corrected chi connectivity index (χ3v) is 4.99. The predicted molar refractivity (Wildman–Crippen MR) is 89.8 cm³/mol. The normalized spacial score (nSPS) is 11.7. The maximum atomic E-state index is 12.4. The van der Waals surface area contributed by atoms with Crippen LogP contribution in [0.1, 0.15) is 11.1 Å². The number of H-pyrrole nitrogens is 1. The summed E-state index contributed by atoms with van der Waals surface area (Å²) in [5.41, 5.74) is 2.41. The zero-order valence-electron chi connectivity index (χ0n) is 12.5. The monoisotopic (exact) mass is 328 g/mol. The highest BCUT2D eigenvalue weighted by atomic mass is 32.2. The fourth-order valence-corrected chi connectivity index (χ4v) is 3.32. The molecule has 5 nitrogen and oxygen atoms in total. The number of hydrogen-bond acceptors (Lipinski definition) is 3. The highest BCUT2D eigenvalue weighted by Crippen LogP contribution is 2.16. The Morgan fingerprint density at radius 3 is 2.48 bits per heavy atom. The van der Waals surface area contributed by atoms with E-state index in [-0.39, 0.29) is 17.0 Å². The van der Waals surface area contributed by atoms with E-state index in [0.717, 1.165) is 11.1 Å². The molecule has 0 saturated heterocycles. The summed E-state index contributed by atoms with van der Waals surface area (Å²) in [7, 11) is -3.61. The van der Waals surface area contributed by atoms with Crippen molar-refractivity contribution in [3.8, 4) is 0 Å². The van der Waals surface area contributed by atoms with Crippen LogP contribution in [0.4, 0.5) is 0 Å². The summed E-state index contributed by atoms with van der Waals surface area (Å²) in [5.74, 6) is 0. The molecule has 0 atom stereocenters. The van der Waals surface area contributed by atoms with Crippen molar-refractivity contribution < 1.29 is 8.42 Å². The van der Waals surface area contributed by atoms with Crippen LogP contribution < -0.4 is 10.3 Å². The average Bonchev–Trinajstić information content (AvgIpc) is 2.54. The van der Waals surface area contributed by atoms with Gasteiger partial charge in [0.25, 0.3) is 0 Å². The van der Waals surface area contributed by atoms with E-state index in [2.05, 4.69) is 9.71 Å². The van der Waals surface area contributed by atoms with Crippen molar-refractivity contribution in [1.29, 1.82) is 0 Å². The first-order valence-corrected chi connectivity index (χ1v) is 8.61. The average molecular weight is 328 g/mol. The van der Waals surface area contributed by atoms with Crippen molar-refractivity contribution in [1.82, 2.24) is 9.71 Å². The van der Waals surface area contributed by atoms with Gasteiger partial charge in [0.2, 0.25) is 15.6 Å². The molecule has 0 saturated carbocycles. The molecule has 23 heavy (non-hydrogen) atoms. The molecule has 0 aliphatic rings. The van der Waals surface area contributed by atoms with Crippen molar-refractivity contribution >= 4 is 20.9 Å². The Hall–Kier alpha value is -2.44. The highest BCUT2D eigenvalue weighted by molar-refractivity contribution is 7.89. The molecule has 3 aromatic rings. The minimum atomic E-state index is -3.61. The van der Waals surface area contributed by atoms with E-state index >= 15 is 0 Å². The van der Waals surface area contributed by atoms with Crippen LogP contribution in [0.3, 0.4) is 0 Å². The Labute approximate surface area is 134 Å². The number of aromatic amines is 1. The molecule has 3 rings (SSSR count). The van der Waals surface area contributed by atoms with Crippen molar-refractivity contribution in [2.24, 2.45) is 0 Å². The molecule has 0 unspecified atom stereocenters. The second-order valence-corrected chi connectivity index (χ2v) is 7.15. The van der Waals surface area contributed by atoms with Gasteiger partial charge in [0.05, 0.1) is 4.90 Å². The van der Waals surface area contributed by atoms with Crippen molar-refractivity contribution in [2.75, 3.05) is 0 Å². The van der Waals surface area contributed by atoms with E-state index in [1.807, 2.05) is 31.2 Å². The maximum absolute atomic E-state index is 12.4. The molecular formula is C17H16N2O3S. The standard InChI is InChI=1S/C17H16N2O3S/c1-12-2-4-13(5-3-12)11-18-23(21,22)15-7-8-16-14(10-15)6-9-17(20)19-16/h2-10,18H,11H2,1H3,(H,19,20). The molecule has 6 heteroatoms. The number of rotatable bonds is 4. The van der Waals surface area contributed by atoms with Crippen LogP contribution in [0.2, 0.25) is 0 Å². The fraction of sp³-hybridized carbons (Fsp3) is 0.118. The summed E-state index contributed by atoms with van der Waals surface area (Å²) >= 11 is 0. The SMILES string of the molecule is Cc1ccc(CNS(=O)(=O)c2ccc3[nH]c(=O)ccc3c2)cc1. The first-order chi connectivity index (χ1) is 10.9. The van der Waals surface area contributed by atoms with Gasteiger partial charge in [-0.3, -0.25) is 4.79 Å². The quantitative estimate of drug-likeness (QED) is 0.771. The number of nitrogens with one attached hydrogen (secondary N) is 2. The zero-order valence-corrected chi connectivity index (χ0v) is 13.4. The summed E-state index contributed by atoms with van der Waals surface area (Å²) < 4.78 is 27.4. The van der Waals surface area contributed by atoms with Gasteiger partial charge < -0.3 is 4.98 Å². The minimum absolute atomic E-state index is 0.171. The lowest BCUT2D eigenvalue weighted by Gasteiger charge is -2.08. The Balaban J connectivity index is 1.85. The second kappa shape index (κ2) is 5.98. The molecule has 1 heterocycles. The molecule has 0 amide bonds. The third kappa shape index (κ3) is 3.49. The summed E-state index contributed by atoms with van der Waals surface area (Å²) in [4.78, 5) is 14.1. The van der Waals surface area contributed by atoms with Crippen LogP contribution in [0.5, 0.6) is 0 Å². The van der Waals surface area contributed by atoms with Gasteiger partial charge in [0, 0.05) is 18.1 Å². The van der Waals surface area contributed by atoms with Gasteiger partial charge in [0.1, 0.15) is 0 Å². The molecular weight excluding hydrogens is 312 g/mol. The van der Waals surface area contributed by atoms with Crippen molar-refractivity contribution in [3.05, 3.63) is 76.1 Å². The van der Waals surface area contributed by atoms with Crippen molar-refractivity contribution in [2.45, 2.75) is 18.4 Å². The first-order valence-electron chi connectivity index (χ1n) is 7.12. The van der Waals surface area contributed by atoms with E-state index in [4.69, 9.17) is 0 Å². The summed E-state index contributed by atoms with van der Waals surface area (Å²) in [6.45, 7) is 2.21. The van der Waals surface area contributed by atoms with Gasteiger partial charge in [-0.25, -0.2) is 13.1 Å². The van der Waals surface area contributed by atoms with Gasteiger partial charge in [-0.1, -0.05) is 29.8 Å². The molecule has 2 aromatic carbocycles. The van der Waals surface area contributed by atoms with Crippen LogP contribution in [0.25, 0.3) is 10.9 Å². The topological polar surface area (TPSA) is 79.0 Å². The maximum Gasteiger partial charge on any atom is 0.248 e. The highest BCUT2D eigenvalue weighted by Gasteiger charge is 2.14. The first kappa shape index (κ1) is 15.5. The number of sulfonamides is 1. The Kier molecular flexibility index (Phi) is 4.02. The lowest BCUT2D eigenvalue weighted by molar-refractivity contribution is 0.581. The van der Waals surface area contributed by atoms with Crippen LogP contribution in [0, 0.1) is 6.92 Å². The molecule has 118 valence electrons. The van der Waals surface area contributed by atoms with Gasteiger partial charge in [-0.2, -0.15) is 0 Å². The number of benzene rings is 2. The van der Waals surface area contributed by atoms with E-state index in [9.17, 15) is 13.2 Å². The molecule has 1 aromatic heterocycles. The smallest absolute Gasteiger partial charge is 0.248 e. The van der Waals surface area contributed by atoms with Gasteiger partial charge >= 0.3 is 0 Å². The van der Waals surface area contributed by atoms with Gasteiger partial charge in [-0.05, 0) is 42.1 Å². The second-order valence-electron chi connectivity index (χ2n) is 5.38. The molecule has 0 radical (unpaired) electrons. The van der Waals surface area contributed by atoms with Crippen LogP contribution in [-0.2, 0) is 16.6 Å². The van der Waals surface area contributed by atoms with Crippen LogP contribution in [-0.4, -0.2) is 13.4 Å². The molecule has 2 N–H and O–H groups in total. The largest absolute Gasteiger partial charge is 0.322 e. The van der Waals surface area contributed by atoms with Gasteiger partial charge in [-0.15, -0.1) is 0 Å². The summed E-state index contributed by atoms with van der Waals surface area (Å²) in [5, 5.41) is 0.669. The molecule has 0 aliphatic heterocycles. The third-order valence-electron chi connectivity index (χ3n) is 3.59. The molecule has 0 fully saturated rings. The Bertz CT molecular complexity index is 1010. The van der Waals surface area contributed by atoms with E-state index < -0.39 is 10.0 Å². The van der Waals surface area contributed by atoms with E-state index in [1.165, 1.54) is 12.1 Å². The van der Waals surface area contributed by atoms with E-state index in [1.54, 1.807) is 18.2 Å². The van der Waals surface area contributed by atoms with E-state index in [0.29, 0.717) is 10.9 Å². The van der Waals surface area contributed by atoms with Crippen molar-refractivity contribution in [3.63, 3.8) is 0 Å². The van der Waals surface area contributed by atoms with Gasteiger partial charge in [0.15, 0.2) is 0 Å². The summed E-state index contributed by atoms with van der Waals surface area (Å²) in [6.07, 6.45) is 0. The Morgan fingerprint density at radius 2 is 1.74 bits per heavy atom.